The van der Waals surface area contributed by atoms with Gasteiger partial charge in [0.2, 0.25) is 0 Å². The van der Waals surface area contributed by atoms with Crippen molar-refractivity contribution in [2.24, 2.45) is 7.05 Å². The average molecular weight is 249 g/mol. The van der Waals surface area contributed by atoms with Crippen molar-refractivity contribution in [2.75, 3.05) is 6.61 Å². The third kappa shape index (κ3) is 1.99. The first-order valence-corrected chi connectivity index (χ1v) is 5.76. The number of imidazole rings is 1. The van der Waals surface area contributed by atoms with Gasteiger partial charge in [0.25, 0.3) is 0 Å². The highest BCUT2D eigenvalue weighted by atomic mass is 16.5. The van der Waals surface area contributed by atoms with Crippen molar-refractivity contribution >= 4 is 5.97 Å². The number of ether oxygens (including phenoxy) is 1. The van der Waals surface area contributed by atoms with E-state index in [9.17, 15) is 4.79 Å². The predicted molar refractivity (Wildman–Crippen MR) is 63.9 cm³/mol. The second-order valence-electron chi connectivity index (χ2n) is 3.71. The number of aromatic nitrogens is 5. The molecule has 0 atom stereocenters. The number of aryl methyl sites for hydroxylation is 2. The molecule has 0 fully saturated rings. The predicted octanol–water partition coefficient (Wildman–Crippen LogP) is 0.875. The number of hydrogen-bond acceptors (Lipinski definition) is 5. The van der Waals surface area contributed by atoms with Gasteiger partial charge in [-0.25, -0.2) is 14.5 Å². The topological polar surface area (TPSA) is 74.8 Å². The van der Waals surface area contributed by atoms with Crippen LogP contribution < -0.4 is 0 Å². The lowest BCUT2D eigenvalue weighted by molar-refractivity contribution is 0.0520. The summed E-state index contributed by atoms with van der Waals surface area (Å²) in [6.45, 7) is 4.62. The van der Waals surface area contributed by atoms with Gasteiger partial charge in [-0.3, -0.25) is 0 Å². The first-order chi connectivity index (χ1) is 8.69. The van der Waals surface area contributed by atoms with Crippen LogP contribution in [0.15, 0.2) is 12.5 Å². The third-order valence-corrected chi connectivity index (χ3v) is 2.56. The molecule has 7 nitrogen and oxygen atoms in total. The van der Waals surface area contributed by atoms with Crippen LogP contribution in [0.25, 0.3) is 11.4 Å². The van der Waals surface area contributed by atoms with E-state index in [0.717, 1.165) is 5.69 Å². The van der Waals surface area contributed by atoms with Gasteiger partial charge < -0.3 is 9.30 Å². The summed E-state index contributed by atoms with van der Waals surface area (Å²) in [5.41, 5.74) is 1.64. The molecule has 0 spiro atoms. The summed E-state index contributed by atoms with van der Waals surface area (Å²) >= 11 is 0. The van der Waals surface area contributed by atoms with Gasteiger partial charge in [0.05, 0.1) is 24.8 Å². The Labute approximate surface area is 104 Å². The SMILES string of the molecule is CCOC(=O)c1nnn(CC)c1-c1cncn1C. The molecule has 0 N–H and O–H groups in total. The Bertz CT molecular complexity index is 558. The largest absolute Gasteiger partial charge is 0.461 e. The van der Waals surface area contributed by atoms with E-state index >= 15 is 0 Å². The minimum Gasteiger partial charge on any atom is -0.461 e. The molecule has 2 rings (SSSR count). The summed E-state index contributed by atoms with van der Waals surface area (Å²) < 4.78 is 8.45. The maximum atomic E-state index is 11.8. The van der Waals surface area contributed by atoms with Gasteiger partial charge in [0.1, 0.15) is 5.69 Å². The Morgan fingerprint density at radius 2 is 2.22 bits per heavy atom. The molecule has 0 radical (unpaired) electrons. The Hall–Kier alpha value is -2.18. The van der Waals surface area contributed by atoms with E-state index in [2.05, 4.69) is 15.3 Å². The molecule has 0 aliphatic heterocycles. The summed E-state index contributed by atoms with van der Waals surface area (Å²) in [6.07, 6.45) is 3.34. The molecule has 0 saturated carbocycles. The molecule has 0 aromatic carbocycles. The molecule has 2 aromatic rings. The van der Waals surface area contributed by atoms with Crippen molar-refractivity contribution in [1.82, 2.24) is 24.5 Å². The van der Waals surface area contributed by atoms with Gasteiger partial charge in [0, 0.05) is 13.6 Å². The minimum absolute atomic E-state index is 0.224. The van der Waals surface area contributed by atoms with Crippen molar-refractivity contribution in [1.29, 1.82) is 0 Å². The molecule has 0 saturated heterocycles. The van der Waals surface area contributed by atoms with Crippen LogP contribution >= 0.6 is 0 Å². The highest BCUT2D eigenvalue weighted by molar-refractivity contribution is 5.93. The second kappa shape index (κ2) is 4.99. The summed E-state index contributed by atoms with van der Waals surface area (Å²) in [6, 6.07) is 0. The molecule has 2 heterocycles. The summed E-state index contributed by atoms with van der Waals surface area (Å²) in [5.74, 6) is -0.464. The number of carbonyl (C=O) groups excluding carboxylic acids is 1. The smallest absolute Gasteiger partial charge is 0.361 e. The molecule has 0 amide bonds. The van der Waals surface area contributed by atoms with Gasteiger partial charge in [-0.05, 0) is 13.8 Å². The van der Waals surface area contributed by atoms with Gasteiger partial charge in [-0.2, -0.15) is 0 Å². The second-order valence-corrected chi connectivity index (χ2v) is 3.71. The van der Waals surface area contributed by atoms with Crippen LogP contribution in [0.4, 0.5) is 0 Å². The number of nitrogens with zero attached hydrogens (tertiary/aromatic N) is 5. The number of rotatable bonds is 4. The summed E-state index contributed by atoms with van der Waals surface area (Å²) in [5, 5.41) is 7.86. The van der Waals surface area contributed by atoms with E-state index in [0.29, 0.717) is 18.8 Å². The molecule has 7 heteroatoms. The minimum atomic E-state index is -0.464. The molecule has 0 bridgehead atoms. The van der Waals surface area contributed by atoms with E-state index < -0.39 is 5.97 Å². The standard InChI is InChI=1S/C11H15N5O2/c1-4-16-10(8-6-12-7-15(8)3)9(13-14-16)11(17)18-5-2/h6-7H,4-5H2,1-3H3. The van der Waals surface area contributed by atoms with Gasteiger partial charge in [-0.1, -0.05) is 5.21 Å². The fraction of sp³-hybridized carbons (Fsp3) is 0.455. The maximum Gasteiger partial charge on any atom is 0.361 e. The zero-order valence-electron chi connectivity index (χ0n) is 10.6. The number of hydrogen-bond donors (Lipinski definition) is 0. The van der Waals surface area contributed by atoms with Crippen LogP contribution in [0.2, 0.25) is 0 Å². The Kier molecular flexibility index (Phi) is 3.40. The highest BCUT2D eigenvalue weighted by Gasteiger charge is 2.23. The van der Waals surface area contributed by atoms with E-state index in [-0.39, 0.29) is 5.69 Å². The van der Waals surface area contributed by atoms with Gasteiger partial charge in [0.15, 0.2) is 5.69 Å². The lowest BCUT2D eigenvalue weighted by atomic mass is 10.2. The highest BCUT2D eigenvalue weighted by Crippen LogP contribution is 2.21. The van der Waals surface area contributed by atoms with Crippen LogP contribution in [0, 0.1) is 0 Å². The molecule has 96 valence electrons. The van der Waals surface area contributed by atoms with Crippen molar-refractivity contribution < 1.29 is 9.53 Å². The molecule has 18 heavy (non-hydrogen) atoms. The van der Waals surface area contributed by atoms with Gasteiger partial charge >= 0.3 is 5.97 Å². The Morgan fingerprint density at radius 1 is 1.44 bits per heavy atom. The van der Waals surface area contributed by atoms with Crippen molar-refractivity contribution in [2.45, 2.75) is 20.4 Å². The fourth-order valence-electron chi connectivity index (χ4n) is 1.71. The van der Waals surface area contributed by atoms with Crippen molar-refractivity contribution in [3.05, 3.63) is 18.2 Å². The van der Waals surface area contributed by atoms with E-state index in [1.807, 2.05) is 18.5 Å². The molecular weight excluding hydrogens is 234 g/mol. The molecule has 0 unspecified atom stereocenters. The summed E-state index contributed by atoms with van der Waals surface area (Å²) in [7, 11) is 1.85. The zero-order valence-corrected chi connectivity index (χ0v) is 10.6. The van der Waals surface area contributed by atoms with E-state index in [1.165, 1.54) is 0 Å². The third-order valence-electron chi connectivity index (χ3n) is 2.56. The van der Waals surface area contributed by atoms with E-state index in [1.54, 1.807) is 24.1 Å². The zero-order chi connectivity index (χ0) is 13.1. The first-order valence-electron chi connectivity index (χ1n) is 5.76. The van der Waals surface area contributed by atoms with Crippen molar-refractivity contribution in [3.8, 4) is 11.4 Å². The number of esters is 1. The lowest BCUT2D eigenvalue weighted by Gasteiger charge is -2.06. The average Bonchev–Trinajstić information content (AvgIpc) is 2.94. The lowest BCUT2D eigenvalue weighted by Crippen LogP contribution is -2.09. The Morgan fingerprint density at radius 3 is 2.78 bits per heavy atom. The fourth-order valence-corrected chi connectivity index (χ4v) is 1.71. The van der Waals surface area contributed by atoms with Gasteiger partial charge in [-0.15, -0.1) is 5.10 Å². The Balaban J connectivity index is 2.53. The summed E-state index contributed by atoms with van der Waals surface area (Å²) in [4.78, 5) is 15.9. The van der Waals surface area contributed by atoms with Crippen LogP contribution in [-0.2, 0) is 18.3 Å². The maximum absolute atomic E-state index is 11.8. The van der Waals surface area contributed by atoms with E-state index in [4.69, 9.17) is 4.74 Å². The molecule has 0 aliphatic rings. The van der Waals surface area contributed by atoms with Crippen LogP contribution in [0.3, 0.4) is 0 Å². The quantitative estimate of drug-likeness (QED) is 0.752. The first kappa shape index (κ1) is 12.3. The number of carbonyl (C=O) groups is 1. The molecule has 2 aromatic heterocycles. The van der Waals surface area contributed by atoms with Crippen LogP contribution in [0.1, 0.15) is 24.3 Å². The normalized spacial score (nSPS) is 10.6. The van der Waals surface area contributed by atoms with Crippen LogP contribution in [-0.4, -0.2) is 37.1 Å². The molecular formula is C11H15N5O2. The molecule has 0 aliphatic carbocycles. The van der Waals surface area contributed by atoms with Crippen molar-refractivity contribution in [3.63, 3.8) is 0 Å². The monoisotopic (exact) mass is 249 g/mol. The van der Waals surface area contributed by atoms with Crippen LogP contribution in [0.5, 0.6) is 0 Å².